The molecule has 1 heterocycles. The number of anilines is 2. The van der Waals surface area contributed by atoms with E-state index in [0.29, 0.717) is 21.8 Å². The Morgan fingerprint density at radius 3 is 2.00 bits per heavy atom. The van der Waals surface area contributed by atoms with Crippen LogP contribution >= 0.6 is 23.4 Å². The average Bonchev–Trinajstić information content (AvgIpc) is 2.53. The number of nitrogen functional groups attached to an aromatic ring is 2. The van der Waals surface area contributed by atoms with Gasteiger partial charge < -0.3 is 11.5 Å². The first-order valence-electron chi connectivity index (χ1n) is 6.99. The molecule has 4 N–H and O–H groups in total. The highest BCUT2D eigenvalue weighted by molar-refractivity contribution is 7.99. The van der Waals surface area contributed by atoms with Crippen molar-refractivity contribution in [1.29, 1.82) is 0 Å². The Morgan fingerprint density at radius 1 is 0.826 bits per heavy atom. The van der Waals surface area contributed by atoms with Crippen LogP contribution < -0.4 is 11.5 Å². The molecule has 4 nitrogen and oxygen atoms in total. The van der Waals surface area contributed by atoms with Crippen LogP contribution in [0.15, 0.2) is 65.8 Å². The minimum atomic E-state index is 0.0228. The number of nitrogens with zero attached hydrogens (tertiary/aromatic N) is 2. The molecule has 0 fully saturated rings. The molecule has 3 aromatic rings. The molecule has 0 aliphatic heterocycles. The molecule has 6 heteroatoms. The molecule has 0 saturated heterocycles. The van der Waals surface area contributed by atoms with Crippen LogP contribution in [-0.2, 0) is 0 Å². The highest BCUT2D eigenvalue weighted by Crippen LogP contribution is 2.39. The predicted molar refractivity (Wildman–Crippen MR) is 96.5 cm³/mol. The molecule has 0 bridgehead atoms. The molecule has 2 aromatic carbocycles. The Bertz CT molecular complexity index is 773. The zero-order valence-electron chi connectivity index (χ0n) is 12.2. The van der Waals surface area contributed by atoms with Gasteiger partial charge in [-0.1, -0.05) is 65.8 Å². The van der Waals surface area contributed by atoms with E-state index in [-0.39, 0.29) is 5.25 Å². The first kappa shape index (κ1) is 15.6. The fourth-order valence-corrected chi connectivity index (χ4v) is 3.45. The predicted octanol–water partition coefficient (Wildman–Crippen LogP) is 4.18. The second-order valence-corrected chi connectivity index (χ2v) is 6.47. The zero-order valence-corrected chi connectivity index (χ0v) is 13.8. The quantitative estimate of drug-likeness (QED) is 0.549. The van der Waals surface area contributed by atoms with Crippen molar-refractivity contribution >= 4 is 35.0 Å². The largest absolute Gasteiger partial charge is 0.383 e. The summed E-state index contributed by atoms with van der Waals surface area (Å²) in [6.07, 6.45) is 0. The minimum absolute atomic E-state index is 0.0228. The Kier molecular flexibility index (Phi) is 4.69. The van der Waals surface area contributed by atoms with E-state index in [9.17, 15) is 0 Å². The maximum Gasteiger partial charge on any atom is 0.192 e. The molecule has 1 aromatic heterocycles. The monoisotopic (exact) mass is 342 g/mol. The van der Waals surface area contributed by atoms with Crippen molar-refractivity contribution in [3.63, 3.8) is 0 Å². The molecule has 23 heavy (non-hydrogen) atoms. The Hall–Kier alpha value is -2.24. The van der Waals surface area contributed by atoms with E-state index < -0.39 is 0 Å². The number of halogens is 1. The number of nitrogens with two attached hydrogens (primary N) is 2. The van der Waals surface area contributed by atoms with Gasteiger partial charge in [0, 0.05) is 11.1 Å². The maximum atomic E-state index is 6.00. The van der Waals surface area contributed by atoms with E-state index >= 15 is 0 Å². The van der Waals surface area contributed by atoms with Gasteiger partial charge in [-0.15, -0.1) is 0 Å². The molecular formula is C17H15ClN4S. The third kappa shape index (κ3) is 3.94. The normalized spacial score (nSPS) is 12.0. The van der Waals surface area contributed by atoms with Crippen molar-refractivity contribution in [3.8, 4) is 0 Å². The number of rotatable bonds is 4. The highest BCUT2D eigenvalue weighted by atomic mass is 35.5. The molecule has 0 radical (unpaired) electrons. The highest BCUT2D eigenvalue weighted by Gasteiger charge is 2.17. The van der Waals surface area contributed by atoms with Gasteiger partial charge in [0.2, 0.25) is 0 Å². The Balaban J connectivity index is 2.00. The van der Waals surface area contributed by atoms with Gasteiger partial charge in [0.15, 0.2) is 5.16 Å². The molecule has 0 amide bonds. The van der Waals surface area contributed by atoms with Crippen LogP contribution in [0.1, 0.15) is 16.4 Å². The maximum absolute atomic E-state index is 6.00. The van der Waals surface area contributed by atoms with Crippen molar-refractivity contribution in [2.75, 3.05) is 11.5 Å². The van der Waals surface area contributed by atoms with E-state index in [1.54, 1.807) is 6.07 Å². The molecule has 0 saturated carbocycles. The number of benzene rings is 2. The summed E-state index contributed by atoms with van der Waals surface area (Å²) in [4.78, 5) is 8.53. The molecule has 0 aliphatic rings. The first-order valence-corrected chi connectivity index (χ1v) is 8.24. The average molecular weight is 343 g/mol. The minimum Gasteiger partial charge on any atom is -0.383 e. The number of aromatic nitrogens is 2. The van der Waals surface area contributed by atoms with Crippen molar-refractivity contribution in [2.24, 2.45) is 0 Å². The molecule has 3 rings (SSSR count). The second-order valence-electron chi connectivity index (χ2n) is 4.96. The third-order valence-electron chi connectivity index (χ3n) is 3.24. The lowest BCUT2D eigenvalue weighted by Gasteiger charge is -2.17. The Labute approximate surface area is 143 Å². The number of thioether (sulfide) groups is 1. The van der Waals surface area contributed by atoms with E-state index in [1.807, 2.05) is 42.5 Å². The number of hydrogen-bond donors (Lipinski definition) is 2. The summed E-state index contributed by atoms with van der Waals surface area (Å²) in [7, 11) is 0. The lowest BCUT2D eigenvalue weighted by molar-refractivity contribution is 0.974. The molecule has 116 valence electrons. The number of hydrogen-bond acceptors (Lipinski definition) is 5. The van der Waals surface area contributed by atoms with Crippen LogP contribution in [0.25, 0.3) is 0 Å². The standard InChI is InChI=1S/C17H15ClN4S/c18-13-8-6-12(7-9-13)16(11-4-2-1-3-5-11)23-17-21-14(19)10-15(20)22-17/h1-10,16H,(H4,19,20,21,22). The molecule has 1 unspecified atom stereocenters. The fraction of sp³-hybridized carbons (Fsp3) is 0.0588. The van der Waals surface area contributed by atoms with Gasteiger partial charge in [0.1, 0.15) is 11.6 Å². The van der Waals surface area contributed by atoms with Crippen LogP contribution in [-0.4, -0.2) is 9.97 Å². The summed E-state index contributed by atoms with van der Waals surface area (Å²) in [5.41, 5.74) is 13.8. The molecule has 1 atom stereocenters. The van der Waals surface area contributed by atoms with Gasteiger partial charge in [0.05, 0.1) is 5.25 Å². The van der Waals surface area contributed by atoms with Crippen LogP contribution in [0.2, 0.25) is 5.02 Å². The zero-order chi connectivity index (χ0) is 16.2. The second kappa shape index (κ2) is 6.89. The van der Waals surface area contributed by atoms with Gasteiger partial charge >= 0.3 is 0 Å². The fourth-order valence-electron chi connectivity index (χ4n) is 2.21. The lowest BCUT2D eigenvalue weighted by atomic mass is 10.0. The molecular weight excluding hydrogens is 328 g/mol. The summed E-state index contributed by atoms with van der Waals surface area (Å²) in [6, 6.07) is 19.5. The van der Waals surface area contributed by atoms with E-state index in [0.717, 1.165) is 11.1 Å². The van der Waals surface area contributed by atoms with E-state index in [2.05, 4.69) is 22.1 Å². The van der Waals surface area contributed by atoms with E-state index in [4.69, 9.17) is 23.1 Å². The van der Waals surface area contributed by atoms with Crippen molar-refractivity contribution in [2.45, 2.75) is 10.4 Å². The molecule has 0 aliphatic carbocycles. The van der Waals surface area contributed by atoms with Gasteiger partial charge in [-0.2, -0.15) is 0 Å². The summed E-state index contributed by atoms with van der Waals surface area (Å²) in [5, 5.41) is 1.27. The van der Waals surface area contributed by atoms with Crippen LogP contribution in [0.4, 0.5) is 11.6 Å². The third-order valence-corrected chi connectivity index (χ3v) is 4.67. The topological polar surface area (TPSA) is 77.8 Å². The van der Waals surface area contributed by atoms with Crippen LogP contribution in [0.3, 0.4) is 0 Å². The summed E-state index contributed by atoms with van der Waals surface area (Å²) >= 11 is 7.50. The summed E-state index contributed by atoms with van der Waals surface area (Å²) in [5.74, 6) is 0.728. The first-order chi connectivity index (χ1) is 11.1. The Morgan fingerprint density at radius 2 is 1.39 bits per heavy atom. The van der Waals surface area contributed by atoms with Gasteiger partial charge in [0.25, 0.3) is 0 Å². The van der Waals surface area contributed by atoms with Gasteiger partial charge in [-0.05, 0) is 23.3 Å². The van der Waals surface area contributed by atoms with Crippen molar-refractivity contribution < 1.29 is 0 Å². The lowest BCUT2D eigenvalue weighted by Crippen LogP contribution is -2.02. The molecule has 0 spiro atoms. The van der Waals surface area contributed by atoms with Crippen molar-refractivity contribution in [1.82, 2.24) is 9.97 Å². The summed E-state index contributed by atoms with van der Waals surface area (Å²) in [6.45, 7) is 0. The van der Waals surface area contributed by atoms with Crippen LogP contribution in [0, 0.1) is 0 Å². The SMILES string of the molecule is Nc1cc(N)nc(SC(c2ccccc2)c2ccc(Cl)cc2)n1. The van der Waals surface area contributed by atoms with E-state index in [1.165, 1.54) is 11.8 Å². The van der Waals surface area contributed by atoms with Gasteiger partial charge in [-0.3, -0.25) is 0 Å². The smallest absolute Gasteiger partial charge is 0.192 e. The van der Waals surface area contributed by atoms with Gasteiger partial charge in [-0.25, -0.2) is 9.97 Å². The summed E-state index contributed by atoms with van der Waals surface area (Å²) < 4.78 is 0. The van der Waals surface area contributed by atoms with Crippen molar-refractivity contribution in [3.05, 3.63) is 76.8 Å². The van der Waals surface area contributed by atoms with Crippen LogP contribution in [0.5, 0.6) is 0 Å².